The smallest absolute Gasteiger partial charge is 0.233 e. The maximum Gasteiger partial charge on any atom is 0.233 e. The molecule has 2 aromatic rings. The van der Waals surface area contributed by atoms with E-state index in [4.69, 9.17) is 4.98 Å². The standard InChI is InChI=1S/C22H25FN4O2/c1-3-19(28)26-11-5-4-6-18(26)21-24-14(2)17-12-20(29)27(22(17)25-21)13-15-7-9-16(23)10-8-15/h7-10,18H,3-6,11-13H2,1-2H3/t18-/m1/s1. The number of rotatable bonds is 4. The van der Waals surface area contributed by atoms with Crippen LogP contribution in [0.1, 0.15) is 61.3 Å². The van der Waals surface area contributed by atoms with Gasteiger partial charge in [0, 0.05) is 24.2 Å². The number of nitrogens with zero attached hydrogens (tertiary/aromatic N) is 4. The van der Waals surface area contributed by atoms with Crippen molar-refractivity contribution >= 4 is 17.6 Å². The molecule has 0 aliphatic carbocycles. The minimum Gasteiger partial charge on any atom is -0.332 e. The van der Waals surface area contributed by atoms with Gasteiger partial charge >= 0.3 is 0 Å². The zero-order valence-electron chi connectivity index (χ0n) is 16.8. The summed E-state index contributed by atoms with van der Waals surface area (Å²) in [7, 11) is 0. The van der Waals surface area contributed by atoms with Crippen LogP contribution in [0.2, 0.25) is 0 Å². The summed E-state index contributed by atoms with van der Waals surface area (Å²) in [6.45, 7) is 4.82. The third-order valence-electron chi connectivity index (χ3n) is 5.77. The van der Waals surface area contributed by atoms with Crippen LogP contribution in [0.5, 0.6) is 0 Å². The third kappa shape index (κ3) is 3.73. The zero-order valence-corrected chi connectivity index (χ0v) is 16.8. The molecule has 0 N–H and O–H groups in total. The molecule has 0 bridgehead atoms. The summed E-state index contributed by atoms with van der Waals surface area (Å²) < 4.78 is 13.2. The number of aromatic nitrogens is 2. The summed E-state index contributed by atoms with van der Waals surface area (Å²) in [5, 5.41) is 0. The lowest BCUT2D eigenvalue weighted by Crippen LogP contribution is -2.39. The molecule has 2 aliphatic rings. The van der Waals surface area contributed by atoms with Crippen molar-refractivity contribution in [3.05, 3.63) is 52.7 Å². The number of aryl methyl sites for hydroxylation is 1. The van der Waals surface area contributed by atoms with Crippen molar-refractivity contribution in [3.8, 4) is 0 Å². The first kappa shape index (κ1) is 19.5. The molecule has 1 fully saturated rings. The normalized spacial score (nSPS) is 18.9. The quantitative estimate of drug-likeness (QED) is 0.794. The Morgan fingerprint density at radius 2 is 1.97 bits per heavy atom. The zero-order chi connectivity index (χ0) is 20.5. The van der Waals surface area contributed by atoms with E-state index in [1.165, 1.54) is 12.1 Å². The van der Waals surface area contributed by atoms with Gasteiger partial charge in [-0.25, -0.2) is 14.4 Å². The molecule has 1 aromatic heterocycles. The van der Waals surface area contributed by atoms with E-state index in [0.29, 0.717) is 24.6 Å². The van der Waals surface area contributed by atoms with E-state index in [0.717, 1.165) is 42.6 Å². The van der Waals surface area contributed by atoms with Gasteiger partial charge < -0.3 is 4.90 Å². The summed E-state index contributed by atoms with van der Waals surface area (Å²) in [5.74, 6) is 0.998. The summed E-state index contributed by atoms with van der Waals surface area (Å²) in [4.78, 5) is 38.1. The third-order valence-corrected chi connectivity index (χ3v) is 5.77. The van der Waals surface area contributed by atoms with E-state index >= 15 is 0 Å². The second-order valence-electron chi connectivity index (χ2n) is 7.70. The topological polar surface area (TPSA) is 66.4 Å². The van der Waals surface area contributed by atoms with Gasteiger partial charge in [0.05, 0.1) is 19.0 Å². The lowest BCUT2D eigenvalue weighted by atomic mass is 10.0. The molecule has 0 unspecified atom stereocenters. The molecule has 1 aromatic carbocycles. The van der Waals surface area contributed by atoms with Gasteiger partial charge in [0.2, 0.25) is 11.8 Å². The number of hydrogen-bond acceptors (Lipinski definition) is 4. The average Bonchev–Trinajstić information content (AvgIpc) is 3.05. The molecule has 0 radical (unpaired) electrons. The SMILES string of the molecule is CCC(=O)N1CCCC[C@@H]1c1nc(C)c2c(n1)N(Cc1ccc(F)cc1)C(=O)C2. The fraction of sp³-hybridized carbons (Fsp3) is 0.455. The second-order valence-corrected chi connectivity index (χ2v) is 7.70. The Morgan fingerprint density at radius 1 is 1.21 bits per heavy atom. The van der Waals surface area contributed by atoms with Gasteiger partial charge in [-0.2, -0.15) is 0 Å². The Morgan fingerprint density at radius 3 is 2.69 bits per heavy atom. The largest absolute Gasteiger partial charge is 0.332 e. The van der Waals surface area contributed by atoms with Crippen LogP contribution in [0.4, 0.5) is 10.2 Å². The highest BCUT2D eigenvalue weighted by Crippen LogP contribution is 2.35. The lowest BCUT2D eigenvalue weighted by molar-refractivity contribution is -0.135. The van der Waals surface area contributed by atoms with Crippen LogP contribution in [0.3, 0.4) is 0 Å². The Kier molecular flexibility index (Phi) is 5.30. The Balaban J connectivity index is 1.68. The molecular formula is C22H25FN4O2. The van der Waals surface area contributed by atoms with E-state index in [-0.39, 0.29) is 30.1 Å². The number of halogens is 1. The van der Waals surface area contributed by atoms with E-state index < -0.39 is 0 Å². The summed E-state index contributed by atoms with van der Waals surface area (Å²) in [6, 6.07) is 5.99. The van der Waals surface area contributed by atoms with Crippen LogP contribution in [0.25, 0.3) is 0 Å². The van der Waals surface area contributed by atoms with Gasteiger partial charge in [0.15, 0.2) is 5.82 Å². The van der Waals surface area contributed by atoms with Gasteiger partial charge in [-0.05, 0) is 43.9 Å². The van der Waals surface area contributed by atoms with Crippen molar-refractivity contribution in [1.82, 2.24) is 14.9 Å². The van der Waals surface area contributed by atoms with Gasteiger partial charge in [-0.3, -0.25) is 14.5 Å². The highest BCUT2D eigenvalue weighted by molar-refractivity contribution is 6.00. The van der Waals surface area contributed by atoms with Crippen LogP contribution in [0.15, 0.2) is 24.3 Å². The van der Waals surface area contributed by atoms with Crippen molar-refractivity contribution in [2.75, 3.05) is 11.4 Å². The minimum atomic E-state index is -0.305. The highest BCUT2D eigenvalue weighted by Gasteiger charge is 2.35. The number of carbonyl (C=O) groups excluding carboxylic acids is 2. The van der Waals surface area contributed by atoms with E-state index in [2.05, 4.69) is 4.98 Å². The Hall–Kier alpha value is -2.83. The van der Waals surface area contributed by atoms with E-state index in [1.807, 2.05) is 18.7 Å². The number of amides is 2. The van der Waals surface area contributed by atoms with Crippen molar-refractivity contribution < 1.29 is 14.0 Å². The molecule has 2 aliphatic heterocycles. The van der Waals surface area contributed by atoms with Crippen LogP contribution in [-0.4, -0.2) is 33.2 Å². The molecular weight excluding hydrogens is 371 g/mol. The number of carbonyl (C=O) groups is 2. The number of anilines is 1. The molecule has 1 saturated heterocycles. The Labute approximate surface area is 169 Å². The van der Waals surface area contributed by atoms with Crippen LogP contribution in [0, 0.1) is 12.7 Å². The molecule has 4 rings (SSSR count). The van der Waals surface area contributed by atoms with Gasteiger partial charge in [-0.15, -0.1) is 0 Å². The fourth-order valence-electron chi connectivity index (χ4n) is 4.18. The molecule has 3 heterocycles. The number of fused-ring (bicyclic) bond motifs is 1. The summed E-state index contributed by atoms with van der Waals surface area (Å²) >= 11 is 0. The maximum atomic E-state index is 13.2. The Bertz CT molecular complexity index is 945. The van der Waals surface area contributed by atoms with Gasteiger partial charge in [-0.1, -0.05) is 19.1 Å². The second kappa shape index (κ2) is 7.89. The first-order valence-corrected chi connectivity index (χ1v) is 10.2. The summed E-state index contributed by atoms with van der Waals surface area (Å²) in [6.07, 6.45) is 3.56. The minimum absolute atomic E-state index is 0.0380. The first-order valence-electron chi connectivity index (χ1n) is 10.2. The molecule has 0 saturated carbocycles. The van der Waals surface area contributed by atoms with E-state index in [1.54, 1.807) is 17.0 Å². The van der Waals surface area contributed by atoms with E-state index in [9.17, 15) is 14.0 Å². The maximum absolute atomic E-state index is 13.2. The molecule has 2 amide bonds. The molecule has 7 heteroatoms. The predicted molar refractivity (Wildman–Crippen MR) is 107 cm³/mol. The molecule has 152 valence electrons. The van der Waals surface area contributed by atoms with Crippen LogP contribution in [-0.2, 0) is 22.6 Å². The predicted octanol–water partition coefficient (Wildman–Crippen LogP) is 3.48. The number of likely N-dealkylation sites (tertiary alicyclic amines) is 1. The van der Waals surface area contributed by atoms with Crippen LogP contribution >= 0.6 is 0 Å². The lowest BCUT2D eigenvalue weighted by Gasteiger charge is -2.35. The van der Waals surface area contributed by atoms with Crippen molar-refractivity contribution in [2.45, 2.75) is 58.5 Å². The fourth-order valence-corrected chi connectivity index (χ4v) is 4.18. The summed E-state index contributed by atoms with van der Waals surface area (Å²) in [5.41, 5.74) is 2.46. The number of benzene rings is 1. The van der Waals surface area contributed by atoms with Crippen molar-refractivity contribution in [2.24, 2.45) is 0 Å². The molecule has 0 spiro atoms. The molecule has 29 heavy (non-hydrogen) atoms. The number of hydrogen-bond donors (Lipinski definition) is 0. The monoisotopic (exact) mass is 396 g/mol. The van der Waals surface area contributed by atoms with Crippen LogP contribution < -0.4 is 4.90 Å². The van der Waals surface area contributed by atoms with Crippen molar-refractivity contribution in [3.63, 3.8) is 0 Å². The van der Waals surface area contributed by atoms with Gasteiger partial charge in [0.1, 0.15) is 11.6 Å². The van der Waals surface area contributed by atoms with Crippen molar-refractivity contribution in [1.29, 1.82) is 0 Å². The number of piperidine rings is 1. The molecule has 1 atom stereocenters. The highest BCUT2D eigenvalue weighted by atomic mass is 19.1. The average molecular weight is 396 g/mol. The van der Waals surface area contributed by atoms with Gasteiger partial charge in [0.25, 0.3) is 0 Å². The molecule has 6 nitrogen and oxygen atoms in total. The first-order chi connectivity index (χ1) is 14.0.